The molecule has 0 bridgehead atoms. The predicted octanol–water partition coefficient (Wildman–Crippen LogP) is 1.99. The van der Waals surface area contributed by atoms with Gasteiger partial charge in [0, 0.05) is 37.3 Å². The average Bonchev–Trinajstić information content (AvgIpc) is 2.41. The third-order valence-corrected chi connectivity index (χ3v) is 4.39. The van der Waals surface area contributed by atoms with Gasteiger partial charge in [0.05, 0.1) is 6.04 Å². The molecule has 0 aliphatic carbocycles. The van der Waals surface area contributed by atoms with Crippen LogP contribution in [0, 0.1) is 11.6 Å². The molecule has 0 amide bonds. The number of halogens is 2. The molecule has 2 N–H and O–H groups in total. The molecule has 2 rings (SSSR count). The van der Waals surface area contributed by atoms with Crippen LogP contribution in [-0.4, -0.2) is 48.6 Å². The Morgan fingerprint density at radius 3 is 2.40 bits per heavy atom. The quantitative estimate of drug-likeness (QED) is 0.921. The van der Waals surface area contributed by atoms with Crippen molar-refractivity contribution in [1.29, 1.82) is 0 Å². The van der Waals surface area contributed by atoms with Crippen LogP contribution in [-0.2, 0) is 0 Å². The Morgan fingerprint density at radius 2 is 1.85 bits per heavy atom. The Bertz CT molecular complexity index is 454. The molecule has 0 radical (unpaired) electrons. The zero-order valence-corrected chi connectivity index (χ0v) is 12.3. The van der Waals surface area contributed by atoms with Crippen LogP contribution >= 0.6 is 0 Å². The first kappa shape index (κ1) is 15.4. The second-order valence-electron chi connectivity index (χ2n) is 5.71. The monoisotopic (exact) mass is 283 g/mol. The average molecular weight is 283 g/mol. The van der Waals surface area contributed by atoms with Gasteiger partial charge in [0.2, 0.25) is 0 Å². The summed E-state index contributed by atoms with van der Waals surface area (Å²) in [7, 11) is 2.09. The molecule has 3 unspecified atom stereocenters. The molecule has 1 aliphatic rings. The van der Waals surface area contributed by atoms with Gasteiger partial charge in [-0.15, -0.1) is 0 Å². The summed E-state index contributed by atoms with van der Waals surface area (Å²) in [5.74, 6) is -1.58. The van der Waals surface area contributed by atoms with Gasteiger partial charge in [0.1, 0.15) is 0 Å². The Morgan fingerprint density at radius 1 is 1.25 bits per heavy atom. The standard InChI is InChI=1S/C15H23F2N3/c1-10-8-20(9-11(2)19(10)3)14(7-18)12-5-4-6-13(16)15(12)17/h4-6,10-11,14H,7-9,18H2,1-3H3. The number of nitrogens with zero attached hydrogens (tertiary/aromatic N) is 2. The van der Waals surface area contributed by atoms with Crippen molar-refractivity contribution in [2.24, 2.45) is 5.73 Å². The third kappa shape index (κ3) is 2.85. The Kier molecular flexibility index (Phi) is 4.73. The van der Waals surface area contributed by atoms with E-state index in [9.17, 15) is 8.78 Å². The van der Waals surface area contributed by atoms with E-state index in [0.29, 0.717) is 17.6 Å². The van der Waals surface area contributed by atoms with Gasteiger partial charge >= 0.3 is 0 Å². The minimum atomic E-state index is -0.809. The first-order valence-electron chi connectivity index (χ1n) is 7.05. The SMILES string of the molecule is CC1CN(C(CN)c2cccc(F)c2F)CC(C)N1C. The van der Waals surface area contributed by atoms with Gasteiger partial charge in [-0.3, -0.25) is 9.80 Å². The number of hydrogen-bond acceptors (Lipinski definition) is 3. The number of hydrogen-bond donors (Lipinski definition) is 1. The third-order valence-electron chi connectivity index (χ3n) is 4.39. The fourth-order valence-electron chi connectivity index (χ4n) is 2.95. The summed E-state index contributed by atoms with van der Waals surface area (Å²) in [5, 5.41) is 0. The lowest BCUT2D eigenvalue weighted by atomic mass is 10.0. The van der Waals surface area contributed by atoms with E-state index in [1.165, 1.54) is 0 Å². The van der Waals surface area contributed by atoms with E-state index in [1.807, 2.05) is 0 Å². The van der Waals surface area contributed by atoms with Crippen molar-refractivity contribution in [2.45, 2.75) is 32.0 Å². The van der Waals surface area contributed by atoms with Gasteiger partial charge in [0.15, 0.2) is 11.6 Å². The molecule has 0 aromatic heterocycles. The topological polar surface area (TPSA) is 32.5 Å². The van der Waals surface area contributed by atoms with E-state index in [1.54, 1.807) is 12.1 Å². The molecule has 20 heavy (non-hydrogen) atoms. The number of benzene rings is 1. The van der Waals surface area contributed by atoms with Crippen molar-refractivity contribution in [3.05, 3.63) is 35.4 Å². The molecular weight excluding hydrogens is 260 g/mol. The van der Waals surface area contributed by atoms with Crippen LogP contribution in [0.3, 0.4) is 0 Å². The smallest absolute Gasteiger partial charge is 0.163 e. The van der Waals surface area contributed by atoms with Gasteiger partial charge in [-0.1, -0.05) is 12.1 Å². The van der Waals surface area contributed by atoms with E-state index in [0.717, 1.165) is 19.2 Å². The molecule has 1 aromatic carbocycles. The van der Waals surface area contributed by atoms with E-state index in [2.05, 4.69) is 30.7 Å². The van der Waals surface area contributed by atoms with Crippen LogP contribution in [0.2, 0.25) is 0 Å². The summed E-state index contributed by atoms with van der Waals surface area (Å²) in [5.41, 5.74) is 6.19. The summed E-state index contributed by atoms with van der Waals surface area (Å²) in [6, 6.07) is 4.77. The first-order valence-corrected chi connectivity index (χ1v) is 7.05. The van der Waals surface area contributed by atoms with E-state index >= 15 is 0 Å². The van der Waals surface area contributed by atoms with Gasteiger partial charge < -0.3 is 5.73 Å². The predicted molar refractivity (Wildman–Crippen MR) is 76.4 cm³/mol. The van der Waals surface area contributed by atoms with Crippen LogP contribution in [0.5, 0.6) is 0 Å². The van der Waals surface area contributed by atoms with Crippen LogP contribution in [0.1, 0.15) is 25.5 Å². The van der Waals surface area contributed by atoms with E-state index in [4.69, 9.17) is 5.73 Å². The number of rotatable bonds is 3. The second kappa shape index (κ2) is 6.16. The summed E-state index contributed by atoms with van der Waals surface area (Å²) in [6.45, 7) is 6.16. The summed E-state index contributed by atoms with van der Waals surface area (Å²) < 4.78 is 27.4. The molecule has 1 fully saturated rings. The molecule has 0 saturated carbocycles. The number of piperazine rings is 1. The molecule has 1 saturated heterocycles. The molecular formula is C15H23F2N3. The molecule has 5 heteroatoms. The number of likely N-dealkylation sites (N-methyl/N-ethyl adjacent to an activating group) is 1. The zero-order chi connectivity index (χ0) is 14.9. The first-order chi connectivity index (χ1) is 9.45. The zero-order valence-electron chi connectivity index (χ0n) is 12.3. The molecule has 112 valence electrons. The fraction of sp³-hybridized carbons (Fsp3) is 0.600. The molecule has 3 nitrogen and oxygen atoms in total. The molecule has 1 aliphatic heterocycles. The summed E-state index contributed by atoms with van der Waals surface area (Å²) in [4.78, 5) is 4.46. The van der Waals surface area contributed by atoms with Crippen molar-refractivity contribution in [3.63, 3.8) is 0 Å². The van der Waals surface area contributed by atoms with E-state index in [-0.39, 0.29) is 12.6 Å². The Balaban J connectivity index is 2.26. The number of nitrogens with two attached hydrogens (primary N) is 1. The van der Waals surface area contributed by atoms with Crippen molar-refractivity contribution in [3.8, 4) is 0 Å². The van der Waals surface area contributed by atoms with Crippen molar-refractivity contribution >= 4 is 0 Å². The van der Waals surface area contributed by atoms with Crippen LogP contribution in [0.25, 0.3) is 0 Å². The minimum Gasteiger partial charge on any atom is -0.329 e. The summed E-state index contributed by atoms with van der Waals surface area (Å²) >= 11 is 0. The Hall–Kier alpha value is -1.04. The maximum absolute atomic E-state index is 14.0. The largest absolute Gasteiger partial charge is 0.329 e. The van der Waals surface area contributed by atoms with Gasteiger partial charge in [-0.05, 0) is 27.0 Å². The van der Waals surface area contributed by atoms with Crippen molar-refractivity contribution in [1.82, 2.24) is 9.80 Å². The molecule has 0 spiro atoms. The van der Waals surface area contributed by atoms with Crippen LogP contribution < -0.4 is 5.73 Å². The highest BCUT2D eigenvalue weighted by Gasteiger charge is 2.32. The van der Waals surface area contributed by atoms with Gasteiger partial charge in [-0.2, -0.15) is 0 Å². The minimum absolute atomic E-state index is 0.274. The molecule has 1 aromatic rings. The van der Waals surface area contributed by atoms with Gasteiger partial charge in [-0.25, -0.2) is 8.78 Å². The normalized spacial score (nSPS) is 26.7. The summed E-state index contributed by atoms with van der Waals surface area (Å²) in [6.07, 6.45) is 0. The van der Waals surface area contributed by atoms with Crippen LogP contribution in [0.15, 0.2) is 18.2 Å². The van der Waals surface area contributed by atoms with E-state index < -0.39 is 11.6 Å². The molecule has 3 atom stereocenters. The lowest BCUT2D eigenvalue weighted by Gasteiger charge is -2.45. The maximum Gasteiger partial charge on any atom is 0.163 e. The highest BCUT2D eigenvalue weighted by atomic mass is 19.2. The molecule has 1 heterocycles. The van der Waals surface area contributed by atoms with Crippen molar-refractivity contribution in [2.75, 3.05) is 26.7 Å². The van der Waals surface area contributed by atoms with Crippen LogP contribution in [0.4, 0.5) is 8.78 Å². The Labute approximate surface area is 119 Å². The lowest BCUT2D eigenvalue weighted by Crippen LogP contribution is -2.56. The highest BCUT2D eigenvalue weighted by molar-refractivity contribution is 5.23. The fourth-order valence-corrected chi connectivity index (χ4v) is 2.95. The highest BCUT2D eigenvalue weighted by Crippen LogP contribution is 2.27. The maximum atomic E-state index is 14.0. The lowest BCUT2D eigenvalue weighted by molar-refractivity contribution is 0.0341. The second-order valence-corrected chi connectivity index (χ2v) is 5.71. The van der Waals surface area contributed by atoms with Gasteiger partial charge in [0.25, 0.3) is 0 Å². The van der Waals surface area contributed by atoms with Crippen molar-refractivity contribution < 1.29 is 8.78 Å².